The standard InChI is InChI=1S/C13H17NO/c1-9(7-13(14)15)11-6-5-10-3-2-4-12(10)8-11/h5-6,8-9H,2-4,7H2,1H3,(H2,14,15). The van der Waals surface area contributed by atoms with Crippen molar-refractivity contribution in [2.24, 2.45) is 5.73 Å². The highest BCUT2D eigenvalue weighted by molar-refractivity contribution is 5.74. The van der Waals surface area contributed by atoms with Crippen LogP contribution < -0.4 is 5.73 Å². The van der Waals surface area contributed by atoms with Gasteiger partial charge in [-0.3, -0.25) is 4.79 Å². The van der Waals surface area contributed by atoms with Gasteiger partial charge in [0.1, 0.15) is 0 Å². The van der Waals surface area contributed by atoms with Crippen LogP contribution in [0.5, 0.6) is 0 Å². The molecule has 1 amide bonds. The molecule has 1 unspecified atom stereocenters. The lowest BCUT2D eigenvalue weighted by molar-refractivity contribution is -0.118. The van der Waals surface area contributed by atoms with Crippen LogP contribution in [0.2, 0.25) is 0 Å². The van der Waals surface area contributed by atoms with E-state index in [0.29, 0.717) is 6.42 Å². The van der Waals surface area contributed by atoms with Gasteiger partial charge in [0.05, 0.1) is 0 Å². The molecule has 1 aromatic carbocycles. The minimum Gasteiger partial charge on any atom is -0.370 e. The Balaban J connectivity index is 2.19. The summed E-state index contributed by atoms with van der Waals surface area (Å²) < 4.78 is 0. The Kier molecular flexibility index (Phi) is 2.76. The molecule has 1 aliphatic carbocycles. The molecule has 0 spiro atoms. The maximum absolute atomic E-state index is 10.8. The van der Waals surface area contributed by atoms with Crippen LogP contribution in [0.15, 0.2) is 18.2 Å². The largest absolute Gasteiger partial charge is 0.370 e. The SMILES string of the molecule is CC(CC(N)=O)c1ccc2c(c1)CCC2. The highest BCUT2D eigenvalue weighted by atomic mass is 16.1. The topological polar surface area (TPSA) is 43.1 Å². The fourth-order valence-electron chi connectivity index (χ4n) is 2.32. The van der Waals surface area contributed by atoms with Gasteiger partial charge in [0.2, 0.25) is 5.91 Å². The van der Waals surface area contributed by atoms with Gasteiger partial charge in [-0.1, -0.05) is 25.1 Å². The number of rotatable bonds is 3. The third-order valence-electron chi connectivity index (χ3n) is 3.20. The summed E-state index contributed by atoms with van der Waals surface area (Å²) in [6.07, 6.45) is 4.11. The van der Waals surface area contributed by atoms with Gasteiger partial charge >= 0.3 is 0 Å². The molecule has 0 radical (unpaired) electrons. The summed E-state index contributed by atoms with van der Waals surface area (Å²) in [5.74, 6) is 0.0244. The maximum Gasteiger partial charge on any atom is 0.218 e. The van der Waals surface area contributed by atoms with Crippen LogP contribution in [0.4, 0.5) is 0 Å². The van der Waals surface area contributed by atoms with E-state index in [1.54, 1.807) is 0 Å². The van der Waals surface area contributed by atoms with Gasteiger partial charge in [0, 0.05) is 6.42 Å². The van der Waals surface area contributed by atoms with E-state index in [0.717, 1.165) is 0 Å². The lowest BCUT2D eigenvalue weighted by atomic mass is 9.94. The first kappa shape index (κ1) is 10.2. The Labute approximate surface area is 90.5 Å². The molecule has 2 N–H and O–H groups in total. The van der Waals surface area contributed by atoms with Crippen LogP contribution in [0, 0.1) is 0 Å². The molecule has 0 aliphatic heterocycles. The number of primary amides is 1. The molecule has 0 heterocycles. The number of aryl methyl sites for hydroxylation is 2. The molecule has 0 aromatic heterocycles. The summed E-state index contributed by atoms with van der Waals surface area (Å²) in [4.78, 5) is 10.8. The number of fused-ring (bicyclic) bond motifs is 1. The van der Waals surface area contributed by atoms with Crippen molar-refractivity contribution in [1.29, 1.82) is 0 Å². The van der Waals surface area contributed by atoms with Crippen molar-refractivity contribution in [3.63, 3.8) is 0 Å². The third-order valence-corrected chi connectivity index (χ3v) is 3.20. The molecule has 0 saturated heterocycles. The van der Waals surface area contributed by atoms with Crippen molar-refractivity contribution in [1.82, 2.24) is 0 Å². The van der Waals surface area contributed by atoms with Gasteiger partial charge in [0.25, 0.3) is 0 Å². The third kappa shape index (κ3) is 2.20. The molecule has 1 aliphatic rings. The predicted molar refractivity (Wildman–Crippen MR) is 60.7 cm³/mol. The monoisotopic (exact) mass is 203 g/mol. The van der Waals surface area contributed by atoms with Crippen molar-refractivity contribution in [3.05, 3.63) is 34.9 Å². The first-order valence-electron chi connectivity index (χ1n) is 5.57. The van der Waals surface area contributed by atoms with Crippen LogP contribution in [0.1, 0.15) is 42.4 Å². The first-order chi connectivity index (χ1) is 7.16. The lowest BCUT2D eigenvalue weighted by Gasteiger charge is -2.11. The summed E-state index contributed by atoms with van der Waals surface area (Å²) >= 11 is 0. The van der Waals surface area contributed by atoms with E-state index in [2.05, 4.69) is 25.1 Å². The van der Waals surface area contributed by atoms with Gasteiger partial charge in [-0.2, -0.15) is 0 Å². The molecule has 2 nitrogen and oxygen atoms in total. The molecular weight excluding hydrogens is 186 g/mol. The van der Waals surface area contributed by atoms with Gasteiger partial charge < -0.3 is 5.73 Å². The van der Waals surface area contributed by atoms with Gasteiger partial charge in [-0.05, 0) is 41.9 Å². The number of carbonyl (C=O) groups excluding carboxylic acids is 1. The highest BCUT2D eigenvalue weighted by Crippen LogP contribution is 2.27. The minimum absolute atomic E-state index is 0.219. The lowest BCUT2D eigenvalue weighted by Crippen LogP contribution is -2.13. The molecule has 0 saturated carbocycles. The maximum atomic E-state index is 10.8. The van der Waals surface area contributed by atoms with Crippen molar-refractivity contribution < 1.29 is 4.79 Å². The average molecular weight is 203 g/mol. The van der Waals surface area contributed by atoms with E-state index in [1.165, 1.54) is 36.0 Å². The number of benzene rings is 1. The van der Waals surface area contributed by atoms with Crippen LogP contribution in [-0.2, 0) is 17.6 Å². The van der Waals surface area contributed by atoms with E-state index < -0.39 is 0 Å². The first-order valence-corrected chi connectivity index (χ1v) is 5.57. The molecule has 80 valence electrons. The second-order valence-corrected chi connectivity index (χ2v) is 4.45. The van der Waals surface area contributed by atoms with Gasteiger partial charge in [-0.25, -0.2) is 0 Å². The number of hydrogen-bond acceptors (Lipinski definition) is 1. The summed E-state index contributed by atoms with van der Waals surface area (Å²) in [5, 5.41) is 0. The Hall–Kier alpha value is -1.31. The van der Waals surface area contributed by atoms with Crippen LogP contribution in [-0.4, -0.2) is 5.91 Å². The fourth-order valence-corrected chi connectivity index (χ4v) is 2.32. The zero-order valence-corrected chi connectivity index (χ0v) is 9.12. The molecule has 2 rings (SSSR count). The molecular formula is C13H17NO. The molecule has 15 heavy (non-hydrogen) atoms. The Morgan fingerprint density at radius 3 is 2.87 bits per heavy atom. The van der Waals surface area contributed by atoms with Crippen LogP contribution >= 0.6 is 0 Å². The van der Waals surface area contributed by atoms with E-state index >= 15 is 0 Å². The van der Waals surface area contributed by atoms with Crippen molar-refractivity contribution >= 4 is 5.91 Å². The number of amides is 1. The predicted octanol–water partition coefficient (Wildman–Crippen LogP) is 2.15. The van der Waals surface area contributed by atoms with Gasteiger partial charge in [0.15, 0.2) is 0 Å². The zero-order valence-electron chi connectivity index (χ0n) is 9.12. The van der Waals surface area contributed by atoms with Crippen molar-refractivity contribution in [2.45, 2.75) is 38.5 Å². The summed E-state index contributed by atoms with van der Waals surface area (Å²) in [7, 11) is 0. The normalized spacial score (nSPS) is 16.1. The van der Waals surface area contributed by atoms with Crippen molar-refractivity contribution in [3.8, 4) is 0 Å². The van der Waals surface area contributed by atoms with Crippen LogP contribution in [0.3, 0.4) is 0 Å². The Morgan fingerprint density at radius 2 is 2.13 bits per heavy atom. The Bertz CT molecular complexity index is 384. The second kappa shape index (κ2) is 4.05. The Morgan fingerprint density at radius 1 is 1.40 bits per heavy atom. The fraction of sp³-hybridized carbons (Fsp3) is 0.462. The highest BCUT2D eigenvalue weighted by Gasteiger charge is 2.14. The zero-order chi connectivity index (χ0) is 10.8. The van der Waals surface area contributed by atoms with Crippen molar-refractivity contribution in [2.75, 3.05) is 0 Å². The summed E-state index contributed by atoms with van der Waals surface area (Å²) in [6.45, 7) is 2.06. The van der Waals surface area contributed by atoms with E-state index in [4.69, 9.17) is 5.73 Å². The van der Waals surface area contributed by atoms with E-state index in [1.807, 2.05) is 0 Å². The van der Waals surface area contributed by atoms with Crippen LogP contribution in [0.25, 0.3) is 0 Å². The smallest absolute Gasteiger partial charge is 0.218 e. The number of carbonyl (C=O) groups is 1. The second-order valence-electron chi connectivity index (χ2n) is 4.45. The van der Waals surface area contributed by atoms with Gasteiger partial charge in [-0.15, -0.1) is 0 Å². The number of hydrogen-bond donors (Lipinski definition) is 1. The molecule has 1 aromatic rings. The molecule has 2 heteroatoms. The van der Waals surface area contributed by atoms with E-state index in [9.17, 15) is 4.79 Å². The quantitative estimate of drug-likeness (QED) is 0.803. The summed E-state index contributed by atoms with van der Waals surface area (Å²) in [5.41, 5.74) is 9.39. The molecule has 0 bridgehead atoms. The minimum atomic E-state index is -0.219. The summed E-state index contributed by atoms with van der Waals surface area (Å²) in [6, 6.07) is 6.59. The van der Waals surface area contributed by atoms with E-state index in [-0.39, 0.29) is 11.8 Å². The molecule has 0 fully saturated rings. The average Bonchev–Trinajstić information content (AvgIpc) is 2.62. The number of nitrogens with two attached hydrogens (primary N) is 1. The molecule has 1 atom stereocenters.